The first-order valence-electron chi connectivity index (χ1n) is 10.3. The van der Waals surface area contributed by atoms with Gasteiger partial charge in [-0.15, -0.1) is 0 Å². The van der Waals surface area contributed by atoms with Gasteiger partial charge in [-0.05, 0) is 31.0 Å². The lowest BCUT2D eigenvalue weighted by atomic mass is 9.96. The summed E-state index contributed by atoms with van der Waals surface area (Å²) in [5, 5.41) is 7.15. The van der Waals surface area contributed by atoms with Crippen LogP contribution < -0.4 is 10.1 Å². The largest absolute Gasteiger partial charge is 0.493 e. The number of para-hydroxylation sites is 1. The summed E-state index contributed by atoms with van der Waals surface area (Å²) in [5.74, 6) is -0.611. The molecule has 0 unspecified atom stereocenters. The lowest BCUT2D eigenvalue weighted by Gasteiger charge is -2.18. The van der Waals surface area contributed by atoms with E-state index in [1.54, 1.807) is 6.20 Å². The van der Waals surface area contributed by atoms with Gasteiger partial charge in [-0.3, -0.25) is 4.79 Å². The lowest BCUT2D eigenvalue weighted by molar-refractivity contribution is -0.129. The molecule has 0 spiro atoms. The molecule has 1 N–H and O–H groups in total. The highest BCUT2D eigenvalue weighted by molar-refractivity contribution is 5.92. The number of hydrogen-bond donors (Lipinski definition) is 1. The number of nitrogens with zero attached hydrogens (tertiary/aromatic N) is 2. The van der Waals surface area contributed by atoms with Crippen molar-refractivity contribution in [2.45, 2.75) is 32.3 Å². The zero-order valence-electron chi connectivity index (χ0n) is 17.9. The maximum Gasteiger partial charge on any atom is 0.363 e. The van der Waals surface area contributed by atoms with Crippen LogP contribution in [0.25, 0.3) is 5.69 Å². The Morgan fingerprint density at radius 2 is 1.71 bits per heavy atom. The van der Waals surface area contributed by atoms with Gasteiger partial charge in [-0.25, -0.2) is 9.48 Å². The summed E-state index contributed by atoms with van der Waals surface area (Å²) < 4.78 is 12.2. The highest BCUT2D eigenvalue weighted by Gasteiger charge is 2.25. The van der Waals surface area contributed by atoms with Crippen molar-refractivity contribution in [2.75, 3.05) is 13.7 Å². The summed E-state index contributed by atoms with van der Waals surface area (Å²) in [5.41, 5.74) is 1.95. The van der Waals surface area contributed by atoms with Crippen LogP contribution in [-0.2, 0) is 9.53 Å². The van der Waals surface area contributed by atoms with Gasteiger partial charge in [0.05, 0.1) is 19.0 Å². The van der Waals surface area contributed by atoms with Crippen LogP contribution in [0.4, 0.5) is 0 Å². The summed E-state index contributed by atoms with van der Waals surface area (Å²) in [6.45, 7) is 4.08. The predicted molar refractivity (Wildman–Crippen MR) is 117 cm³/mol. The predicted octanol–water partition coefficient (Wildman–Crippen LogP) is 3.74. The zero-order chi connectivity index (χ0) is 22.2. The van der Waals surface area contributed by atoms with E-state index < -0.39 is 12.1 Å². The minimum absolute atomic E-state index is 0.0155. The second-order valence-corrected chi connectivity index (χ2v) is 7.13. The molecule has 7 nitrogen and oxygen atoms in total. The number of methoxy groups -OCH3 is 1. The number of amides is 1. The molecule has 1 amide bonds. The minimum atomic E-state index is -0.965. The van der Waals surface area contributed by atoms with Crippen molar-refractivity contribution in [1.29, 1.82) is 0 Å². The molecule has 0 fully saturated rings. The summed E-state index contributed by atoms with van der Waals surface area (Å²) in [4.78, 5) is 25.1. The average molecular weight is 421 g/mol. The number of carbonyl (C=O) groups is 2. The molecule has 0 saturated carbocycles. The van der Waals surface area contributed by atoms with Crippen LogP contribution in [0, 0.1) is 0 Å². The number of esters is 1. The molecule has 0 radical (unpaired) electrons. The maximum absolute atomic E-state index is 12.6. The van der Waals surface area contributed by atoms with Gasteiger partial charge in [0.15, 0.2) is 11.9 Å². The second-order valence-electron chi connectivity index (χ2n) is 7.13. The molecule has 3 rings (SSSR count). The van der Waals surface area contributed by atoms with E-state index in [1.165, 1.54) is 18.7 Å². The van der Waals surface area contributed by atoms with E-state index in [4.69, 9.17) is 9.47 Å². The Hall–Kier alpha value is -3.61. The van der Waals surface area contributed by atoms with Gasteiger partial charge in [0.25, 0.3) is 5.91 Å². The highest BCUT2D eigenvalue weighted by Crippen LogP contribution is 2.21. The van der Waals surface area contributed by atoms with Gasteiger partial charge >= 0.3 is 5.97 Å². The number of aromatic nitrogens is 2. The first kappa shape index (κ1) is 22.1. The molecule has 0 saturated heterocycles. The van der Waals surface area contributed by atoms with Crippen LogP contribution in [0.3, 0.4) is 0 Å². The van der Waals surface area contributed by atoms with Crippen molar-refractivity contribution >= 4 is 11.9 Å². The van der Waals surface area contributed by atoms with Crippen molar-refractivity contribution in [3.63, 3.8) is 0 Å². The van der Waals surface area contributed by atoms with Gasteiger partial charge in [-0.1, -0.05) is 55.5 Å². The van der Waals surface area contributed by atoms with E-state index in [-0.39, 0.29) is 23.3 Å². The van der Waals surface area contributed by atoms with Crippen molar-refractivity contribution in [3.8, 4) is 11.4 Å². The topological polar surface area (TPSA) is 82.5 Å². The van der Waals surface area contributed by atoms with Crippen LogP contribution in [-0.4, -0.2) is 41.4 Å². The molecule has 2 atom stereocenters. The summed E-state index contributed by atoms with van der Waals surface area (Å²) in [7, 11) is 1.45. The number of rotatable bonds is 9. The number of carbonyl (C=O) groups excluding carboxylic acids is 2. The zero-order valence-corrected chi connectivity index (χ0v) is 17.9. The third-order valence-electron chi connectivity index (χ3n) is 5.05. The summed E-state index contributed by atoms with van der Waals surface area (Å²) in [6.07, 6.45) is 1.52. The number of hydrogen-bond acceptors (Lipinski definition) is 5. The molecule has 3 aromatic rings. The first-order valence-corrected chi connectivity index (χ1v) is 10.3. The Morgan fingerprint density at radius 3 is 2.32 bits per heavy atom. The van der Waals surface area contributed by atoms with Crippen molar-refractivity contribution in [3.05, 3.63) is 78.1 Å². The second kappa shape index (κ2) is 10.4. The molecule has 1 heterocycles. The van der Waals surface area contributed by atoms with E-state index in [1.807, 2.05) is 60.7 Å². The molecule has 31 heavy (non-hydrogen) atoms. The number of benzene rings is 2. The standard InChI is InChI=1S/C24H27N3O4/c1-4-18(19-11-7-5-8-12-19)15-25-23(28)17(2)31-24(29)22-21(30-3)16-27(26-22)20-13-9-6-10-14-20/h5-14,16-18H,4,15H2,1-3H3,(H,25,28)/t17-,18-/m1/s1. The van der Waals surface area contributed by atoms with E-state index in [0.717, 1.165) is 17.7 Å². The van der Waals surface area contributed by atoms with Gasteiger partial charge in [0.2, 0.25) is 5.69 Å². The Labute approximate surface area is 182 Å². The molecule has 0 aliphatic heterocycles. The van der Waals surface area contributed by atoms with Crippen LogP contribution in [0.1, 0.15) is 42.2 Å². The van der Waals surface area contributed by atoms with Gasteiger partial charge < -0.3 is 14.8 Å². The Morgan fingerprint density at radius 1 is 1.06 bits per heavy atom. The third-order valence-corrected chi connectivity index (χ3v) is 5.05. The summed E-state index contributed by atoms with van der Waals surface area (Å²) >= 11 is 0. The van der Waals surface area contributed by atoms with Crippen LogP contribution >= 0.6 is 0 Å². The fourth-order valence-electron chi connectivity index (χ4n) is 3.22. The van der Waals surface area contributed by atoms with Crippen LogP contribution in [0.5, 0.6) is 5.75 Å². The van der Waals surface area contributed by atoms with Crippen LogP contribution in [0.15, 0.2) is 66.9 Å². The molecule has 1 aromatic heterocycles. The third kappa shape index (κ3) is 5.51. The van der Waals surface area contributed by atoms with E-state index >= 15 is 0 Å². The fourth-order valence-corrected chi connectivity index (χ4v) is 3.22. The van der Waals surface area contributed by atoms with E-state index in [0.29, 0.717) is 6.54 Å². The lowest BCUT2D eigenvalue weighted by Crippen LogP contribution is -2.38. The Bertz CT molecular complexity index is 1000. The summed E-state index contributed by atoms with van der Waals surface area (Å²) in [6, 6.07) is 19.3. The molecule has 0 aliphatic carbocycles. The maximum atomic E-state index is 12.6. The monoisotopic (exact) mass is 421 g/mol. The quantitative estimate of drug-likeness (QED) is 0.532. The molecule has 162 valence electrons. The fraction of sp³-hybridized carbons (Fsp3) is 0.292. The smallest absolute Gasteiger partial charge is 0.363 e. The van der Waals surface area contributed by atoms with Crippen molar-refractivity contribution < 1.29 is 19.1 Å². The van der Waals surface area contributed by atoms with E-state index in [2.05, 4.69) is 17.3 Å². The highest BCUT2D eigenvalue weighted by atomic mass is 16.6. The van der Waals surface area contributed by atoms with Gasteiger partial charge in [-0.2, -0.15) is 5.10 Å². The van der Waals surface area contributed by atoms with Crippen molar-refractivity contribution in [1.82, 2.24) is 15.1 Å². The number of nitrogens with one attached hydrogen (secondary N) is 1. The first-order chi connectivity index (χ1) is 15.0. The Balaban J connectivity index is 1.62. The average Bonchev–Trinajstić information content (AvgIpc) is 3.25. The Kier molecular flexibility index (Phi) is 7.43. The van der Waals surface area contributed by atoms with Gasteiger partial charge in [0.1, 0.15) is 0 Å². The SMILES string of the molecule is CC[C@H](CNC(=O)[C@@H](C)OC(=O)c1nn(-c2ccccc2)cc1OC)c1ccccc1. The molecule has 7 heteroatoms. The molecular formula is C24H27N3O4. The normalized spacial score (nSPS) is 12.6. The molecule has 0 bridgehead atoms. The van der Waals surface area contributed by atoms with Gasteiger partial charge in [0, 0.05) is 12.5 Å². The molecular weight excluding hydrogens is 394 g/mol. The molecule has 2 aromatic carbocycles. The van der Waals surface area contributed by atoms with Crippen molar-refractivity contribution in [2.24, 2.45) is 0 Å². The van der Waals surface area contributed by atoms with E-state index in [9.17, 15) is 9.59 Å². The number of ether oxygens (including phenoxy) is 2. The minimum Gasteiger partial charge on any atom is -0.493 e. The van der Waals surface area contributed by atoms with Crippen LogP contribution in [0.2, 0.25) is 0 Å². The molecule has 0 aliphatic rings.